The maximum Gasteiger partial charge on any atom is 0.161 e. The van der Waals surface area contributed by atoms with Gasteiger partial charge in [0.1, 0.15) is 0 Å². The van der Waals surface area contributed by atoms with Crippen LogP contribution in [-0.4, -0.2) is 21.4 Å². The van der Waals surface area contributed by atoms with E-state index in [2.05, 4.69) is 0 Å². The van der Waals surface area contributed by atoms with E-state index in [4.69, 9.17) is 0 Å². The number of aliphatic hydroxyl groups excluding tert-OH is 1. The van der Waals surface area contributed by atoms with Crippen LogP contribution in [0.5, 0.6) is 11.5 Å². The Hall–Kier alpha value is -1.22. The molecule has 0 radical (unpaired) electrons. The summed E-state index contributed by atoms with van der Waals surface area (Å²) in [5.41, 5.74) is 0.600. The lowest BCUT2D eigenvalue weighted by Crippen LogP contribution is -2.13. The van der Waals surface area contributed by atoms with Crippen LogP contribution in [0.1, 0.15) is 31.7 Å². The normalized spacial score (nSPS) is 15.1. The molecule has 0 aliphatic carbocycles. The summed E-state index contributed by atoms with van der Waals surface area (Å²) in [4.78, 5) is 0. The highest BCUT2D eigenvalue weighted by molar-refractivity contribution is 5.46. The fourth-order valence-electron chi connectivity index (χ4n) is 1.67. The van der Waals surface area contributed by atoms with Crippen LogP contribution in [0.3, 0.4) is 0 Å². The number of benzene rings is 1. The lowest BCUT2D eigenvalue weighted by Gasteiger charge is -2.19. The van der Waals surface area contributed by atoms with Crippen molar-refractivity contribution in [1.82, 2.24) is 0 Å². The molecule has 1 rings (SSSR count). The fourth-order valence-corrected chi connectivity index (χ4v) is 1.67. The Morgan fingerprint density at radius 3 is 2.43 bits per heavy atom. The fraction of sp³-hybridized carbons (Fsp3) is 0.455. The predicted molar refractivity (Wildman–Crippen MR) is 54.5 cm³/mol. The second-order valence-corrected chi connectivity index (χ2v) is 3.47. The maximum absolute atomic E-state index is 9.59. The molecule has 78 valence electrons. The molecule has 0 saturated carbocycles. The van der Waals surface area contributed by atoms with Crippen molar-refractivity contribution in [3.05, 3.63) is 23.8 Å². The highest BCUT2D eigenvalue weighted by Crippen LogP contribution is 2.36. The minimum atomic E-state index is -0.535. The van der Waals surface area contributed by atoms with E-state index in [1.54, 1.807) is 19.1 Å². The number of hydrogen-bond acceptors (Lipinski definition) is 3. The molecular weight excluding hydrogens is 180 g/mol. The molecule has 0 heterocycles. The van der Waals surface area contributed by atoms with E-state index >= 15 is 0 Å². The van der Waals surface area contributed by atoms with Gasteiger partial charge >= 0.3 is 0 Å². The third kappa shape index (κ3) is 1.99. The first kappa shape index (κ1) is 10.9. The van der Waals surface area contributed by atoms with Gasteiger partial charge in [-0.05, 0) is 19.4 Å². The van der Waals surface area contributed by atoms with E-state index in [0.29, 0.717) is 12.0 Å². The molecule has 3 nitrogen and oxygen atoms in total. The lowest BCUT2D eigenvalue weighted by atomic mass is 9.91. The van der Waals surface area contributed by atoms with Gasteiger partial charge in [0.05, 0.1) is 6.10 Å². The summed E-state index contributed by atoms with van der Waals surface area (Å²) in [6, 6.07) is 4.80. The molecule has 0 amide bonds. The Morgan fingerprint density at radius 2 is 1.93 bits per heavy atom. The number of aromatic hydroxyl groups is 2. The van der Waals surface area contributed by atoms with Crippen molar-refractivity contribution < 1.29 is 15.3 Å². The van der Waals surface area contributed by atoms with Crippen LogP contribution in [-0.2, 0) is 0 Å². The number of phenols is 2. The molecule has 2 unspecified atom stereocenters. The number of hydrogen-bond donors (Lipinski definition) is 3. The first-order valence-corrected chi connectivity index (χ1v) is 4.76. The summed E-state index contributed by atoms with van der Waals surface area (Å²) in [7, 11) is 0. The molecule has 2 atom stereocenters. The summed E-state index contributed by atoms with van der Waals surface area (Å²) in [5.74, 6) is -0.399. The van der Waals surface area contributed by atoms with Crippen molar-refractivity contribution in [3.8, 4) is 11.5 Å². The third-order valence-electron chi connectivity index (χ3n) is 2.47. The monoisotopic (exact) mass is 196 g/mol. The first-order chi connectivity index (χ1) is 6.57. The topological polar surface area (TPSA) is 60.7 Å². The van der Waals surface area contributed by atoms with E-state index in [9.17, 15) is 15.3 Å². The van der Waals surface area contributed by atoms with Gasteiger partial charge in [-0.3, -0.25) is 0 Å². The molecule has 0 aliphatic rings. The molecule has 0 fully saturated rings. The second-order valence-electron chi connectivity index (χ2n) is 3.47. The average molecular weight is 196 g/mol. The molecule has 1 aromatic rings. The van der Waals surface area contributed by atoms with Crippen molar-refractivity contribution >= 4 is 0 Å². The molecule has 0 bridgehead atoms. The van der Waals surface area contributed by atoms with E-state index in [-0.39, 0.29) is 17.4 Å². The van der Waals surface area contributed by atoms with Gasteiger partial charge in [0.15, 0.2) is 11.5 Å². The standard InChI is InChI=1S/C11H16O3/c1-3-8(7(2)12)9-5-4-6-10(13)11(9)14/h4-8,12-14H,3H2,1-2H3. The van der Waals surface area contributed by atoms with Crippen molar-refractivity contribution in [1.29, 1.82) is 0 Å². The summed E-state index contributed by atoms with van der Waals surface area (Å²) in [6.45, 7) is 3.61. The van der Waals surface area contributed by atoms with Crippen LogP contribution >= 0.6 is 0 Å². The highest BCUT2D eigenvalue weighted by atomic mass is 16.3. The van der Waals surface area contributed by atoms with Crippen molar-refractivity contribution in [3.63, 3.8) is 0 Å². The lowest BCUT2D eigenvalue weighted by molar-refractivity contribution is 0.158. The van der Waals surface area contributed by atoms with Gasteiger partial charge in [-0.1, -0.05) is 19.1 Å². The van der Waals surface area contributed by atoms with Gasteiger partial charge in [-0.2, -0.15) is 0 Å². The molecule has 14 heavy (non-hydrogen) atoms. The van der Waals surface area contributed by atoms with Crippen LogP contribution in [0.2, 0.25) is 0 Å². The minimum Gasteiger partial charge on any atom is -0.504 e. The third-order valence-corrected chi connectivity index (χ3v) is 2.47. The quantitative estimate of drug-likeness (QED) is 0.648. The number of rotatable bonds is 3. The van der Waals surface area contributed by atoms with Crippen LogP contribution in [0.15, 0.2) is 18.2 Å². The largest absolute Gasteiger partial charge is 0.504 e. The average Bonchev–Trinajstić information content (AvgIpc) is 2.13. The van der Waals surface area contributed by atoms with Crippen LogP contribution in [0.4, 0.5) is 0 Å². The van der Waals surface area contributed by atoms with Crippen molar-refractivity contribution in [2.75, 3.05) is 0 Å². The molecule has 0 aromatic heterocycles. The van der Waals surface area contributed by atoms with E-state index in [1.807, 2.05) is 6.92 Å². The molecule has 0 spiro atoms. The summed E-state index contributed by atoms with van der Waals surface area (Å²) >= 11 is 0. The molecule has 0 saturated heterocycles. The summed E-state index contributed by atoms with van der Waals surface area (Å²) in [5, 5.41) is 28.4. The Kier molecular flexibility index (Phi) is 3.36. The minimum absolute atomic E-state index is 0.125. The van der Waals surface area contributed by atoms with Gasteiger partial charge in [0, 0.05) is 11.5 Å². The Labute approximate surface area is 83.6 Å². The summed E-state index contributed by atoms with van der Waals surface area (Å²) < 4.78 is 0. The number of para-hydroxylation sites is 1. The first-order valence-electron chi connectivity index (χ1n) is 4.76. The number of aliphatic hydroxyl groups is 1. The Morgan fingerprint density at radius 1 is 1.29 bits per heavy atom. The number of phenolic OH excluding ortho intramolecular Hbond substituents is 2. The maximum atomic E-state index is 9.59. The van der Waals surface area contributed by atoms with Gasteiger partial charge in [0.2, 0.25) is 0 Å². The molecule has 3 heteroatoms. The highest BCUT2D eigenvalue weighted by Gasteiger charge is 2.19. The Bertz CT molecular complexity index is 307. The van der Waals surface area contributed by atoms with Gasteiger partial charge in [-0.15, -0.1) is 0 Å². The second kappa shape index (κ2) is 4.33. The van der Waals surface area contributed by atoms with E-state index in [1.165, 1.54) is 6.07 Å². The van der Waals surface area contributed by atoms with Crippen LogP contribution < -0.4 is 0 Å². The van der Waals surface area contributed by atoms with Gasteiger partial charge in [-0.25, -0.2) is 0 Å². The zero-order valence-electron chi connectivity index (χ0n) is 8.44. The molecule has 3 N–H and O–H groups in total. The zero-order chi connectivity index (χ0) is 10.7. The van der Waals surface area contributed by atoms with Crippen molar-refractivity contribution in [2.45, 2.75) is 32.3 Å². The van der Waals surface area contributed by atoms with Crippen molar-refractivity contribution in [2.24, 2.45) is 0 Å². The van der Waals surface area contributed by atoms with Gasteiger partial charge in [0.25, 0.3) is 0 Å². The molecule has 1 aromatic carbocycles. The predicted octanol–water partition coefficient (Wildman–Crippen LogP) is 1.97. The summed E-state index contributed by atoms with van der Waals surface area (Å²) in [6.07, 6.45) is 0.182. The molecular formula is C11H16O3. The zero-order valence-corrected chi connectivity index (χ0v) is 8.44. The molecule has 0 aliphatic heterocycles. The Balaban J connectivity index is 3.10. The SMILES string of the molecule is CCC(c1cccc(O)c1O)C(C)O. The van der Waals surface area contributed by atoms with Crippen LogP contribution in [0.25, 0.3) is 0 Å². The smallest absolute Gasteiger partial charge is 0.161 e. The van der Waals surface area contributed by atoms with E-state index in [0.717, 1.165) is 0 Å². The van der Waals surface area contributed by atoms with Gasteiger partial charge < -0.3 is 15.3 Å². The van der Waals surface area contributed by atoms with Crippen LogP contribution in [0, 0.1) is 0 Å². The van der Waals surface area contributed by atoms with E-state index < -0.39 is 6.10 Å².